The number of aliphatic hydroxyl groups is 23. The fourth-order valence-corrected chi connectivity index (χ4v) is 13.1. The monoisotopic (exact) mass is 1510 g/mol. The molecule has 0 aromatic heterocycles. The topological polar surface area (TPSA) is 728 Å². The molecule has 8 fully saturated rings. The summed E-state index contributed by atoms with van der Waals surface area (Å²) in [5.74, 6) is -7.78. The molecule has 41 atom stereocenters. The first-order valence-electron chi connectivity index (χ1n) is 32.6. The number of rotatable bonds is 27. The molecule has 41 unspecified atom stereocenters. The van der Waals surface area contributed by atoms with Gasteiger partial charge < -0.3 is 210 Å². The van der Waals surface area contributed by atoms with Crippen LogP contribution in [0.25, 0.3) is 0 Å². The van der Waals surface area contributed by atoms with Crippen molar-refractivity contribution in [3.8, 4) is 0 Å². The first-order valence-corrected chi connectivity index (χ1v) is 32.6. The van der Waals surface area contributed by atoms with Gasteiger partial charge in [-0.2, -0.15) is 0 Å². The van der Waals surface area contributed by atoms with E-state index in [2.05, 4.69) is 16.0 Å². The molecule has 46 nitrogen and oxygen atoms in total. The summed E-state index contributed by atoms with van der Waals surface area (Å²) in [7, 11) is 0. The highest BCUT2D eigenvalue weighted by atomic mass is 16.8. The standard InChI is InChI=1S/C57H95N3O43/c1-13-28(71)35(78)40(83)52(91-13)102-48-37(80)30(73)19(7-62)94-55(48)100-45-27(60-16(4)68)51(93-20(8-63)32(45)75)101-47-33(76)23(96-54(42(47)85)99-44-21(9-64)92-49(86)39(82)38(44)81)11-89-50-26(59-15(3)67)34(77)43(22(10-65)95-50)98-53-41(84)36(79)31(74)24(97-53)12-90-57(56(87)88)5-17(69)25(58-14(2)66)46(103-57)29(72)18(70)6-61/h13,17-55,61-65,69-86H,5-12H2,1-4H3,(H,58,66)(H,59,67)(H,60,68)(H,87,88). The van der Waals surface area contributed by atoms with Gasteiger partial charge in [-0.25, -0.2) is 4.79 Å². The molecule has 0 radical (unpaired) electrons. The number of carboxylic acids is 1. The lowest BCUT2D eigenvalue weighted by atomic mass is 9.88. The molecule has 0 aliphatic carbocycles. The lowest BCUT2D eigenvalue weighted by Crippen LogP contribution is -2.70. The zero-order valence-electron chi connectivity index (χ0n) is 55.2. The highest BCUT2D eigenvalue weighted by Crippen LogP contribution is 2.40. The number of aliphatic carboxylic acids is 1. The molecule has 0 aromatic rings. The Kier molecular flexibility index (Phi) is 29.9. The number of carboxylic acid groups (broad SMARTS) is 1. The maximum atomic E-state index is 13.2. The third-order valence-electron chi connectivity index (χ3n) is 18.8. The van der Waals surface area contributed by atoms with Crippen LogP contribution in [0.5, 0.6) is 0 Å². The van der Waals surface area contributed by atoms with E-state index in [0.29, 0.717) is 0 Å². The molecule has 103 heavy (non-hydrogen) atoms. The van der Waals surface area contributed by atoms with E-state index < -0.39 is 327 Å². The molecule has 8 heterocycles. The summed E-state index contributed by atoms with van der Waals surface area (Å²) in [4.78, 5) is 51.0. The molecular formula is C57H95N3O43. The Morgan fingerprint density at radius 1 is 0.417 bits per heavy atom. The lowest BCUT2D eigenvalue weighted by molar-refractivity contribution is -0.391. The van der Waals surface area contributed by atoms with Crippen LogP contribution in [0.15, 0.2) is 0 Å². The first-order chi connectivity index (χ1) is 48.5. The van der Waals surface area contributed by atoms with Gasteiger partial charge in [0.1, 0.15) is 183 Å². The van der Waals surface area contributed by atoms with Crippen LogP contribution >= 0.6 is 0 Å². The molecule has 0 spiro atoms. The van der Waals surface area contributed by atoms with E-state index >= 15 is 0 Å². The van der Waals surface area contributed by atoms with Crippen LogP contribution in [0, 0.1) is 0 Å². The van der Waals surface area contributed by atoms with Crippen molar-refractivity contribution in [3.05, 3.63) is 0 Å². The highest BCUT2D eigenvalue weighted by molar-refractivity contribution is 5.77. The summed E-state index contributed by atoms with van der Waals surface area (Å²) in [6.45, 7) is -3.68. The van der Waals surface area contributed by atoms with Crippen molar-refractivity contribution < 1.29 is 213 Å². The van der Waals surface area contributed by atoms with Gasteiger partial charge in [0.25, 0.3) is 5.79 Å². The maximum absolute atomic E-state index is 13.2. The van der Waals surface area contributed by atoms with E-state index in [4.69, 9.17) is 71.1 Å². The van der Waals surface area contributed by atoms with Crippen LogP contribution in [0.3, 0.4) is 0 Å². The van der Waals surface area contributed by atoms with E-state index in [1.165, 1.54) is 6.92 Å². The zero-order valence-corrected chi connectivity index (χ0v) is 55.2. The number of carbonyl (C=O) groups excluding carboxylic acids is 3. The largest absolute Gasteiger partial charge is 0.477 e. The van der Waals surface area contributed by atoms with Crippen molar-refractivity contribution in [2.24, 2.45) is 0 Å². The Hall–Kier alpha value is -3.64. The van der Waals surface area contributed by atoms with Gasteiger partial charge in [0.15, 0.2) is 44.0 Å². The molecule has 3 amide bonds. The lowest BCUT2D eigenvalue weighted by Gasteiger charge is -2.51. The normalized spacial score (nSPS) is 48.3. The SMILES string of the molecule is CC(=O)NC1C(OCC2OC(OC3C(CO)OC(O)C(O)C3O)C(O)C(OC3OC(CO)C(O)C(OC4OC(CO)C(O)C(O)C4OC4OC(C)C(O)C(O)C4O)C3NC(C)=O)C2O)OC(CO)C(OC2OC(COC3(C(=O)O)CC(O)C(NC(C)=O)C(C(O)C(O)CO)O3)C(O)C(O)C2O)C1O. The minimum absolute atomic E-state index is 0.818. The predicted octanol–water partition coefficient (Wildman–Crippen LogP) is -17.8. The third kappa shape index (κ3) is 18.6. The maximum Gasteiger partial charge on any atom is 0.364 e. The van der Waals surface area contributed by atoms with Crippen LogP contribution in [0.4, 0.5) is 0 Å². The van der Waals surface area contributed by atoms with Gasteiger partial charge in [-0.3, -0.25) is 14.4 Å². The van der Waals surface area contributed by atoms with E-state index in [1.54, 1.807) is 0 Å². The summed E-state index contributed by atoms with van der Waals surface area (Å²) >= 11 is 0. The quantitative estimate of drug-likeness (QED) is 0.0363. The Morgan fingerprint density at radius 3 is 1.43 bits per heavy atom. The molecule has 0 aromatic carbocycles. The summed E-state index contributed by atoms with van der Waals surface area (Å²) in [5, 5.41) is 269. The second-order valence-corrected chi connectivity index (χ2v) is 26.1. The van der Waals surface area contributed by atoms with Crippen molar-refractivity contribution >= 4 is 23.7 Å². The number of amides is 3. The third-order valence-corrected chi connectivity index (χ3v) is 18.8. The van der Waals surface area contributed by atoms with E-state index in [9.17, 15) is 142 Å². The number of carbonyl (C=O) groups is 4. The van der Waals surface area contributed by atoms with Crippen molar-refractivity contribution in [1.29, 1.82) is 0 Å². The van der Waals surface area contributed by atoms with Gasteiger partial charge in [-0.15, -0.1) is 0 Å². The molecule has 27 N–H and O–H groups in total. The van der Waals surface area contributed by atoms with E-state index in [0.717, 1.165) is 20.8 Å². The van der Waals surface area contributed by atoms with Crippen LogP contribution in [0.1, 0.15) is 34.1 Å². The Labute approximate surface area is 582 Å². The van der Waals surface area contributed by atoms with Gasteiger partial charge in [-0.1, -0.05) is 0 Å². The van der Waals surface area contributed by atoms with Crippen LogP contribution < -0.4 is 16.0 Å². The molecule has 0 bridgehead atoms. The number of aliphatic hydroxyl groups excluding tert-OH is 23. The summed E-state index contributed by atoms with van der Waals surface area (Å²) in [5.41, 5.74) is 0. The molecule has 8 rings (SSSR count). The van der Waals surface area contributed by atoms with Crippen LogP contribution in [-0.2, 0) is 90.2 Å². The van der Waals surface area contributed by atoms with Crippen LogP contribution in [0.2, 0.25) is 0 Å². The number of ether oxygens (including phenoxy) is 15. The Morgan fingerprint density at radius 2 is 0.854 bits per heavy atom. The van der Waals surface area contributed by atoms with Gasteiger partial charge in [0.05, 0.1) is 64.5 Å². The highest BCUT2D eigenvalue weighted by Gasteiger charge is 2.61. The van der Waals surface area contributed by atoms with Crippen LogP contribution in [-0.4, -0.2) is 444 Å². The van der Waals surface area contributed by atoms with Crippen molar-refractivity contribution in [3.63, 3.8) is 0 Å². The average molecular weight is 1510 g/mol. The van der Waals surface area contributed by atoms with Gasteiger partial charge >= 0.3 is 5.97 Å². The van der Waals surface area contributed by atoms with Crippen molar-refractivity contribution in [2.45, 2.75) is 285 Å². The summed E-state index contributed by atoms with van der Waals surface area (Å²) in [6, 6.07) is -5.50. The molecule has 596 valence electrons. The van der Waals surface area contributed by atoms with Crippen molar-refractivity contribution in [2.75, 3.05) is 46.2 Å². The molecule has 8 aliphatic rings. The van der Waals surface area contributed by atoms with E-state index in [1.807, 2.05) is 0 Å². The second-order valence-electron chi connectivity index (χ2n) is 26.1. The molecular weight excluding hydrogens is 1410 g/mol. The summed E-state index contributed by atoms with van der Waals surface area (Å²) in [6.07, 6.45) is -77.2. The van der Waals surface area contributed by atoms with Gasteiger partial charge in [0, 0.05) is 27.2 Å². The number of nitrogens with one attached hydrogen (secondary N) is 3. The van der Waals surface area contributed by atoms with Gasteiger partial charge in [0.2, 0.25) is 17.7 Å². The molecule has 8 saturated heterocycles. The van der Waals surface area contributed by atoms with Gasteiger partial charge in [-0.05, 0) is 6.92 Å². The fourth-order valence-electron chi connectivity index (χ4n) is 13.1. The molecule has 8 aliphatic heterocycles. The second kappa shape index (κ2) is 36.3. The number of hydrogen-bond acceptors (Lipinski definition) is 42. The smallest absolute Gasteiger partial charge is 0.364 e. The molecule has 0 saturated carbocycles. The average Bonchev–Trinajstić information content (AvgIpc) is 0.773. The Balaban J connectivity index is 1.05. The Bertz CT molecular complexity index is 2730. The zero-order chi connectivity index (χ0) is 76.3. The minimum atomic E-state index is -3.04. The predicted molar refractivity (Wildman–Crippen MR) is 315 cm³/mol. The molecule has 46 heteroatoms. The minimum Gasteiger partial charge on any atom is -0.477 e. The fraction of sp³-hybridized carbons (Fsp3) is 0.930. The van der Waals surface area contributed by atoms with E-state index in [-0.39, 0.29) is 0 Å². The number of hydrogen-bond donors (Lipinski definition) is 27. The first kappa shape index (κ1) is 85.0. The summed E-state index contributed by atoms with van der Waals surface area (Å²) < 4.78 is 87.2. The van der Waals surface area contributed by atoms with Crippen molar-refractivity contribution in [1.82, 2.24) is 16.0 Å².